The second kappa shape index (κ2) is 4.48. The predicted molar refractivity (Wildman–Crippen MR) is 51.7 cm³/mol. The Hall–Kier alpha value is -1.30. The lowest BCUT2D eigenvalue weighted by atomic mass is 10.2. The standard InChI is InChI=1S/C8H8ClF2N3O/c1-14(2)8-4(5(15)7(10)11)6(9)12-3-13-8/h3,7H,1-2H3. The first-order valence-corrected chi connectivity index (χ1v) is 4.33. The van der Waals surface area contributed by atoms with E-state index in [1.54, 1.807) is 14.1 Å². The molecule has 82 valence electrons. The van der Waals surface area contributed by atoms with Crippen molar-refractivity contribution in [2.24, 2.45) is 0 Å². The molecule has 0 aliphatic rings. The fraction of sp³-hybridized carbons (Fsp3) is 0.375. The number of alkyl halides is 2. The van der Waals surface area contributed by atoms with Gasteiger partial charge >= 0.3 is 6.43 Å². The molecular weight excluding hydrogens is 228 g/mol. The summed E-state index contributed by atoms with van der Waals surface area (Å²) in [5.74, 6) is -1.29. The molecule has 1 aromatic heterocycles. The molecule has 0 amide bonds. The minimum Gasteiger partial charge on any atom is -0.362 e. The van der Waals surface area contributed by atoms with E-state index in [2.05, 4.69) is 9.97 Å². The van der Waals surface area contributed by atoms with Gasteiger partial charge in [-0.05, 0) is 0 Å². The van der Waals surface area contributed by atoms with Crippen molar-refractivity contribution in [3.8, 4) is 0 Å². The molecule has 0 N–H and O–H groups in total. The Bertz CT molecular complexity index is 384. The summed E-state index contributed by atoms with van der Waals surface area (Å²) in [6.07, 6.45) is -2.01. The van der Waals surface area contributed by atoms with Crippen LogP contribution in [0.4, 0.5) is 14.6 Å². The van der Waals surface area contributed by atoms with E-state index < -0.39 is 12.2 Å². The highest BCUT2D eigenvalue weighted by Gasteiger charge is 2.26. The average Bonchev–Trinajstić information content (AvgIpc) is 2.16. The van der Waals surface area contributed by atoms with Crippen molar-refractivity contribution in [3.63, 3.8) is 0 Å². The third-order valence-electron chi connectivity index (χ3n) is 1.65. The van der Waals surface area contributed by atoms with Crippen LogP contribution in [0.25, 0.3) is 0 Å². The van der Waals surface area contributed by atoms with Crippen LogP contribution in [0.3, 0.4) is 0 Å². The van der Waals surface area contributed by atoms with Crippen LogP contribution < -0.4 is 4.90 Å². The van der Waals surface area contributed by atoms with Crippen molar-refractivity contribution in [3.05, 3.63) is 17.0 Å². The zero-order valence-corrected chi connectivity index (χ0v) is 8.79. The van der Waals surface area contributed by atoms with Crippen molar-refractivity contribution in [2.75, 3.05) is 19.0 Å². The molecule has 1 heterocycles. The van der Waals surface area contributed by atoms with Gasteiger partial charge in [0.25, 0.3) is 0 Å². The van der Waals surface area contributed by atoms with E-state index in [9.17, 15) is 13.6 Å². The lowest BCUT2D eigenvalue weighted by Gasteiger charge is -2.15. The molecule has 0 bridgehead atoms. The van der Waals surface area contributed by atoms with Gasteiger partial charge in [0.2, 0.25) is 5.78 Å². The van der Waals surface area contributed by atoms with E-state index in [0.29, 0.717) is 0 Å². The molecule has 0 saturated carbocycles. The van der Waals surface area contributed by atoms with Gasteiger partial charge in [-0.25, -0.2) is 18.7 Å². The van der Waals surface area contributed by atoms with Gasteiger partial charge in [0.15, 0.2) is 0 Å². The van der Waals surface area contributed by atoms with Gasteiger partial charge < -0.3 is 4.90 Å². The van der Waals surface area contributed by atoms with Gasteiger partial charge in [-0.1, -0.05) is 11.6 Å². The highest BCUT2D eigenvalue weighted by molar-refractivity contribution is 6.33. The molecule has 0 aliphatic heterocycles. The van der Waals surface area contributed by atoms with Crippen LogP contribution in [0.15, 0.2) is 6.33 Å². The van der Waals surface area contributed by atoms with Gasteiger partial charge in [0.05, 0.1) is 0 Å². The highest BCUT2D eigenvalue weighted by Crippen LogP contribution is 2.24. The lowest BCUT2D eigenvalue weighted by molar-refractivity contribution is 0.0678. The Morgan fingerprint density at radius 2 is 2.07 bits per heavy atom. The molecule has 0 fully saturated rings. The largest absolute Gasteiger partial charge is 0.362 e. The summed E-state index contributed by atoms with van der Waals surface area (Å²) in [6.45, 7) is 0. The van der Waals surface area contributed by atoms with E-state index in [1.165, 1.54) is 4.90 Å². The molecule has 0 spiro atoms. The molecular formula is C8H8ClF2N3O. The molecule has 0 aromatic carbocycles. The van der Waals surface area contributed by atoms with E-state index >= 15 is 0 Å². The molecule has 15 heavy (non-hydrogen) atoms. The third kappa shape index (κ3) is 2.38. The highest BCUT2D eigenvalue weighted by atomic mass is 35.5. The van der Waals surface area contributed by atoms with E-state index in [4.69, 9.17) is 11.6 Å². The molecule has 0 saturated heterocycles. The zero-order chi connectivity index (χ0) is 11.6. The molecule has 1 aromatic rings. The maximum Gasteiger partial charge on any atom is 0.300 e. The number of ketones is 1. The fourth-order valence-corrected chi connectivity index (χ4v) is 1.24. The zero-order valence-electron chi connectivity index (χ0n) is 8.04. The summed E-state index contributed by atoms with van der Waals surface area (Å²) in [5, 5.41) is -0.265. The number of rotatable bonds is 3. The Morgan fingerprint density at radius 3 is 2.53 bits per heavy atom. The van der Waals surface area contributed by atoms with E-state index in [-0.39, 0.29) is 16.5 Å². The Labute approximate surface area is 89.9 Å². The molecule has 4 nitrogen and oxygen atoms in total. The molecule has 0 radical (unpaired) electrons. The first-order valence-electron chi connectivity index (χ1n) is 3.95. The quantitative estimate of drug-likeness (QED) is 0.590. The Balaban J connectivity index is 3.31. The summed E-state index contributed by atoms with van der Waals surface area (Å²) in [5.41, 5.74) is -0.348. The first kappa shape index (κ1) is 11.8. The number of Topliss-reactive ketones (excluding diaryl/α,β-unsaturated/α-hetero) is 1. The maximum absolute atomic E-state index is 12.3. The van der Waals surface area contributed by atoms with E-state index in [0.717, 1.165) is 6.33 Å². The fourth-order valence-electron chi connectivity index (χ4n) is 1.02. The SMILES string of the molecule is CN(C)c1ncnc(Cl)c1C(=O)C(F)F. The van der Waals surface area contributed by atoms with Crippen molar-refractivity contribution < 1.29 is 13.6 Å². The number of anilines is 1. The van der Waals surface area contributed by atoms with Crippen molar-refractivity contribution >= 4 is 23.2 Å². The first-order chi connectivity index (χ1) is 6.95. The second-order valence-corrected chi connectivity index (χ2v) is 3.28. The molecule has 0 atom stereocenters. The van der Waals surface area contributed by atoms with Crippen molar-refractivity contribution in [2.45, 2.75) is 6.43 Å². The van der Waals surface area contributed by atoms with Crippen LogP contribution in [0.1, 0.15) is 10.4 Å². The average molecular weight is 236 g/mol. The summed E-state index contributed by atoms with van der Waals surface area (Å²) in [7, 11) is 3.14. The number of hydrogen-bond acceptors (Lipinski definition) is 4. The van der Waals surface area contributed by atoms with Gasteiger partial charge in [-0.3, -0.25) is 4.79 Å². The topological polar surface area (TPSA) is 46.1 Å². The van der Waals surface area contributed by atoms with Gasteiger partial charge in [-0.2, -0.15) is 0 Å². The lowest BCUT2D eigenvalue weighted by Crippen LogP contribution is -2.20. The summed E-state index contributed by atoms with van der Waals surface area (Å²) in [6, 6.07) is 0. The van der Waals surface area contributed by atoms with E-state index in [1.807, 2.05) is 0 Å². The number of hydrogen-bond donors (Lipinski definition) is 0. The Kier molecular flexibility index (Phi) is 3.52. The molecule has 0 aliphatic carbocycles. The number of carbonyl (C=O) groups is 1. The molecule has 0 unspecified atom stereocenters. The molecule has 7 heteroatoms. The Morgan fingerprint density at radius 1 is 1.47 bits per heavy atom. The normalized spacial score (nSPS) is 10.5. The minimum absolute atomic E-state index is 0.0836. The minimum atomic E-state index is -3.12. The van der Waals surface area contributed by atoms with Crippen LogP contribution in [0, 0.1) is 0 Å². The van der Waals surface area contributed by atoms with Crippen LogP contribution in [-0.2, 0) is 0 Å². The second-order valence-electron chi connectivity index (χ2n) is 2.92. The number of nitrogens with zero attached hydrogens (tertiary/aromatic N) is 3. The number of halogens is 3. The smallest absolute Gasteiger partial charge is 0.300 e. The van der Waals surface area contributed by atoms with Crippen LogP contribution in [-0.4, -0.2) is 36.3 Å². The van der Waals surface area contributed by atoms with Crippen LogP contribution in [0.2, 0.25) is 5.15 Å². The third-order valence-corrected chi connectivity index (χ3v) is 1.94. The van der Waals surface area contributed by atoms with Gasteiger partial charge in [0.1, 0.15) is 22.9 Å². The van der Waals surface area contributed by atoms with Crippen LogP contribution >= 0.6 is 11.6 Å². The monoisotopic (exact) mass is 235 g/mol. The summed E-state index contributed by atoms with van der Waals surface area (Å²) in [4.78, 5) is 19.8. The maximum atomic E-state index is 12.3. The van der Waals surface area contributed by atoms with Gasteiger partial charge in [0, 0.05) is 14.1 Å². The summed E-state index contributed by atoms with van der Waals surface area (Å²) < 4.78 is 24.5. The summed E-state index contributed by atoms with van der Waals surface area (Å²) >= 11 is 5.58. The van der Waals surface area contributed by atoms with Crippen molar-refractivity contribution in [1.29, 1.82) is 0 Å². The van der Waals surface area contributed by atoms with Crippen molar-refractivity contribution in [1.82, 2.24) is 9.97 Å². The predicted octanol–water partition coefficient (Wildman–Crippen LogP) is 1.64. The number of aromatic nitrogens is 2. The van der Waals surface area contributed by atoms with Gasteiger partial charge in [-0.15, -0.1) is 0 Å². The molecule has 1 rings (SSSR count). The number of carbonyl (C=O) groups excluding carboxylic acids is 1. The van der Waals surface area contributed by atoms with Crippen LogP contribution in [0.5, 0.6) is 0 Å².